The van der Waals surface area contributed by atoms with E-state index in [1.165, 1.54) is 28.2 Å². The van der Waals surface area contributed by atoms with Gasteiger partial charge in [-0.25, -0.2) is 4.98 Å². The second-order valence-corrected chi connectivity index (χ2v) is 7.31. The van der Waals surface area contributed by atoms with Gasteiger partial charge < -0.3 is 0 Å². The van der Waals surface area contributed by atoms with Crippen LogP contribution in [0.5, 0.6) is 0 Å². The monoisotopic (exact) mass is 380 g/mol. The van der Waals surface area contributed by atoms with Gasteiger partial charge in [0.2, 0.25) is 0 Å². The van der Waals surface area contributed by atoms with E-state index in [0.29, 0.717) is 10.9 Å². The number of hydrogen-bond acceptors (Lipinski definition) is 6. The number of rotatable bonds is 4. The highest BCUT2D eigenvalue weighted by atomic mass is 32.1. The van der Waals surface area contributed by atoms with E-state index in [0.717, 1.165) is 36.1 Å². The number of thiophene rings is 1. The molecule has 3 aromatic rings. The van der Waals surface area contributed by atoms with E-state index >= 15 is 0 Å². The number of para-hydroxylation sites is 1. The summed E-state index contributed by atoms with van der Waals surface area (Å²) in [5.74, 6) is 0. The SMILES string of the molecule is O=c1c2c3c(sc2ncn1/N=C/C=C/c1ccccc1[N+](=O)[O-])CCCC3. The van der Waals surface area contributed by atoms with Gasteiger partial charge in [0.25, 0.3) is 11.2 Å². The number of nitro groups is 1. The third kappa shape index (κ3) is 3.31. The van der Waals surface area contributed by atoms with Gasteiger partial charge in [0.05, 0.1) is 15.9 Å². The zero-order valence-corrected chi connectivity index (χ0v) is 15.2. The Bertz CT molecular complexity index is 1140. The van der Waals surface area contributed by atoms with Crippen molar-refractivity contribution in [2.24, 2.45) is 5.10 Å². The lowest BCUT2D eigenvalue weighted by molar-refractivity contribution is -0.385. The molecule has 8 heteroatoms. The highest BCUT2D eigenvalue weighted by Gasteiger charge is 2.19. The fourth-order valence-corrected chi connectivity index (χ4v) is 4.49. The van der Waals surface area contributed by atoms with E-state index in [-0.39, 0.29) is 11.2 Å². The fourth-order valence-electron chi connectivity index (χ4n) is 3.27. The van der Waals surface area contributed by atoms with E-state index in [1.807, 2.05) is 0 Å². The minimum absolute atomic E-state index is 0.0207. The Labute approximate surface area is 158 Å². The Kier molecular flexibility index (Phi) is 4.64. The van der Waals surface area contributed by atoms with Crippen molar-refractivity contribution in [1.29, 1.82) is 0 Å². The smallest absolute Gasteiger partial charge is 0.267 e. The molecule has 0 radical (unpaired) electrons. The highest BCUT2D eigenvalue weighted by Crippen LogP contribution is 2.33. The van der Waals surface area contributed by atoms with Crippen LogP contribution in [0.2, 0.25) is 0 Å². The van der Waals surface area contributed by atoms with Crippen molar-refractivity contribution in [2.75, 3.05) is 0 Å². The van der Waals surface area contributed by atoms with E-state index in [4.69, 9.17) is 0 Å². The Balaban J connectivity index is 1.63. The fraction of sp³-hybridized carbons (Fsp3) is 0.211. The highest BCUT2D eigenvalue weighted by molar-refractivity contribution is 7.18. The van der Waals surface area contributed by atoms with Gasteiger partial charge in [-0.2, -0.15) is 9.78 Å². The lowest BCUT2D eigenvalue weighted by Gasteiger charge is -2.09. The van der Waals surface area contributed by atoms with Gasteiger partial charge in [0.15, 0.2) is 0 Å². The third-order valence-corrected chi connectivity index (χ3v) is 5.75. The molecule has 1 aliphatic rings. The van der Waals surface area contributed by atoms with Crippen LogP contribution in [-0.2, 0) is 12.8 Å². The van der Waals surface area contributed by atoms with Crippen molar-refractivity contribution in [2.45, 2.75) is 25.7 Å². The summed E-state index contributed by atoms with van der Waals surface area (Å²) < 4.78 is 1.22. The second kappa shape index (κ2) is 7.24. The molecule has 2 heterocycles. The molecule has 0 aliphatic heterocycles. The molecule has 136 valence electrons. The summed E-state index contributed by atoms with van der Waals surface area (Å²) in [5, 5.41) is 15.8. The van der Waals surface area contributed by atoms with Gasteiger partial charge >= 0.3 is 0 Å². The molecule has 4 rings (SSSR count). The second-order valence-electron chi connectivity index (χ2n) is 6.22. The predicted octanol–water partition coefficient (Wildman–Crippen LogP) is 3.79. The summed E-state index contributed by atoms with van der Waals surface area (Å²) in [5.41, 5.74) is 1.45. The van der Waals surface area contributed by atoms with Crippen molar-refractivity contribution < 1.29 is 4.92 Å². The Hall–Kier alpha value is -3.13. The molecular formula is C19H16N4O3S. The summed E-state index contributed by atoms with van der Waals surface area (Å²) >= 11 is 1.60. The van der Waals surface area contributed by atoms with Crippen molar-refractivity contribution in [3.05, 3.63) is 73.1 Å². The summed E-state index contributed by atoms with van der Waals surface area (Å²) in [6.45, 7) is 0. The van der Waals surface area contributed by atoms with Gasteiger partial charge in [-0.05, 0) is 49.5 Å². The molecule has 0 fully saturated rings. The first kappa shape index (κ1) is 17.3. The van der Waals surface area contributed by atoms with Gasteiger partial charge in [0, 0.05) is 17.2 Å². The number of nitro benzene ring substituents is 1. The lowest BCUT2D eigenvalue weighted by Crippen LogP contribution is -2.17. The first-order valence-corrected chi connectivity index (χ1v) is 9.43. The zero-order chi connectivity index (χ0) is 18.8. The van der Waals surface area contributed by atoms with Crippen molar-refractivity contribution in [3.63, 3.8) is 0 Å². The van der Waals surface area contributed by atoms with Gasteiger partial charge in [-0.1, -0.05) is 12.1 Å². The molecule has 0 N–H and O–H groups in total. The normalized spacial score (nSPS) is 14.2. The Morgan fingerprint density at radius 1 is 1.26 bits per heavy atom. The quantitative estimate of drug-likeness (QED) is 0.391. The molecule has 0 bridgehead atoms. The zero-order valence-electron chi connectivity index (χ0n) is 14.4. The number of allylic oxidation sites excluding steroid dienone is 1. The van der Waals surface area contributed by atoms with Crippen molar-refractivity contribution >= 4 is 39.5 Å². The molecule has 1 aliphatic carbocycles. The summed E-state index contributed by atoms with van der Waals surface area (Å²) in [7, 11) is 0. The maximum atomic E-state index is 12.8. The minimum atomic E-state index is -0.432. The molecule has 0 unspecified atom stereocenters. The van der Waals surface area contributed by atoms with Crippen LogP contribution < -0.4 is 5.56 Å². The molecule has 2 aromatic heterocycles. The van der Waals surface area contributed by atoms with Crippen LogP contribution in [0.1, 0.15) is 28.8 Å². The first-order chi connectivity index (χ1) is 13.1. The van der Waals surface area contributed by atoms with Crippen LogP contribution >= 0.6 is 11.3 Å². The number of benzene rings is 1. The van der Waals surface area contributed by atoms with Gasteiger partial charge in [0.1, 0.15) is 11.2 Å². The van der Waals surface area contributed by atoms with Gasteiger partial charge in [-0.15, -0.1) is 11.3 Å². The summed E-state index contributed by atoms with van der Waals surface area (Å²) in [4.78, 5) is 29.8. The Morgan fingerprint density at radius 2 is 2.07 bits per heavy atom. The van der Waals surface area contributed by atoms with E-state index < -0.39 is 4.92 Å². The van der Waals surface area contributed by atoms with Crippen LogP contribution in [0.4, 0.5) is 5.69 Å². The molecule has 0 saturated carbocycles. The molecule has 27 heavy (non-hydrogen) atoms. The van der Waals surface area contributed by atoms with Crippen molar-refractivity contribution in [3.8, 4) is 0 Å². The van der Waals surface area contributed by atoms with Crippen LogP contribution in [0.15, 0.2) is 46.6 Å². The average molecular weight is 380 g/mol. The molecule has 0 spiro atoms. The summed E-state index contributed by atoms with van der Waals surface area (Å²) in [6.07, 6.45) is 10.2. The standard InChI is InChI=1S/C19H16N4O3S/c24-19-17-14-8-2-4-10-16(14)27-18(17)20-12-22(19)21-11-5-7-13-6-1-3-9-15(13)23(25)26/h1,3,5-7,9,11-12H,2,4,8,10H2/b7-5+,21-11+. The molecule has 1 aromatic carbocycles. The molecular weight excluding hydrogens is 364 g/mol. The average Bonchev–Trinajstić information content (AvgIpc) is 3.06. The van der Waals surface area contributed by atoms with E-state index in [1.54, 1.807) is 41.7 Å². The van der Waals surface area contributed by atoms with E-state index in [2.05, 4.69) is 10.1 Å². The molecule has 7 nitrogen and oxygen atoms in total. The number of fused-ring (bicyclic) bond motifs is 3. The number of aromatic nitrogens is 2. The maximum Gasteiger partial charge on any atom is 0.282 e. The number of hydrogen-bond donors (Lipinski definition) is 0. The Morgan fingerprint density at radius 3 is 2.93 bits per heavy atom. The molecule has 0 saturated heterocycles. The van der Waals surface area contributed by atoms with Gasteiger partial charge in [-0.3, -0.25) is 14.9 Å². The van der Waals surface area contributed by atoms with Crippen LogP contribution in [0, 0.1) is 10.1 Å². The minimum Gasteiger partial charge on any atom is -0.267 e. The molecule has 0 amide bonds. The first-order valence-electron chi connectivity index (χ1n) is 8.61. The maximum absolute atomic E-state index is 12.8. The lowest BCUT2D eigenvalue weighted by atomic mass is 9.97. The third-order valence-electron chi connectivity index (χ3n) is 4.55. The summed E-state index contributed by atoms with van der Waals surface area (Å²) in [6, 6.07) is 6.44. The van der Waals surface area contributed by atoms with Crippen LogP contribution in [0.25, 0.3) is 16.3 Å². The topological polar surface area (TPSA) is 90.4 Å². The van der Waals surface area contributed by atoms with Crippen molar-refractivity contribution in [1.82, 2.24) is 9.66 Å². The van der Waals surface area contributed by atoms with Crippen LogP contribution in [0.3, 0.4) is 0 Å². The largest absolute Gasteiger partial charge is 0.282 e. The number of nitrogens with zero attached hydrogens (tertiary/aromatic N) is 4. The predicted molar refractivity (Wildman–Crippen MR) is 107 cm³/mol. The van der Waals surface area contributed by atoms with E-state index in [9.17, 15) is 14.9 Å². The molecule has 0 atom stereocenters. The van der Waals surface area contributed by atoms with Crippen LogP contribution in [-0.4, -0.2) is 20.8 Å². The number of aryl methyl sites for hydroxylation is 2.